The minimum Gasteiger partial charge on any atom is -0.396 e. The smallest absolute Gasteiger partial charge is 0.0497 e. The number of hydrogen-bond donors (Lipinski definition) is 1. The molecule has 3 atom stereocenters. The van der Waals surface area contributed by atoms with Crippen LogP contribution in [-0.2, 0) is 0 Å². The second kappa shape index (κ2) is 3.19. The van der Waals surface area contributed by atoms with Gasteiger partial charge in [0, 0.05) is 25.6 Å². The van der Waals surface area contributed by atoms with E-state index in [2.05, 4.69) is 24.1 Å². The fraction of sp³-hybridized carbons (Fsp3) is 0.800. The van der Waals surface area contributed by atoms with Crippen molar-refractivity contribution >= 4 is 0 Å². The van der Waals surface area contributed by atoms with Crippen molar-refractivity contribution in [1.29, 1.82) is 0 Å². The van der Waals surface area contributed by atoms with Crippen molar-refractivity contribution in [3.8, 4) is 0 Å². The summed E-state index contributed by atoms with van der Waals surface area (Å²) in [6.07, 6.45) is 5.65. The number of nitrogens with zero attached hydrogens (tertiary/aromatic N) is 1. The van der Waals surface area contributed by atoms with Crippen molar-refractivity contribution in [3.63, 3.8) is 0 Å². The zero-order chi connectivity index (χ0) is 8.55. The second-order valence-corrected chi connectivity index (χ2v) is 4.16. The number of fused-ring (bicyclic) bond motifs is 1. The molecule has 3 unspecified atom stereocenters. The average molecular weight is 167 g/mol. The quantitative estimate of drug-likeness (QED) is 0.582. The lowest BCUT2D eigenvalue weighted by atomic mass is 9.78. The third kappa shape index (κ3) is 1.29. The molecule has 1 aliphatic carbocycles. The maximum Gasteiger partial charge on any atom is 0.0497 e. The van der Waals surface area contributed by atoms with Gasteiger partial charge in [0.25, 0.3) is 0 Å². The third-order valence-corrected chi connectivity index (χ3v) is 3.26. The lowest BCUT2D eigenvalue weighted by molar-refractivity contribution is 0.182. The highest BCUT2D eigenvalue weighted by Gasteiger charge is 2.36. The zero-order valence-electron chi connectivity index (χ0n) is 7.61. The van der Waals surface area contributed by atoms with Gasteiger partial charge in [0.1, 0.15) is 0 Å². The Morgan fingerprint density at radius 3 is 3.08 bits per heavy atom. The Hall–Kier alpha value is -0.340. The average Bonchev–Trinajstić information content (AvgIpc) is 2.44. The molecule has 1 aliphatic heterocycles. The number of hydrogen-bond acceptors (Lipinski definition) is 2. The summed E-state index contributed by atoms with van der Waals surface area (Å²) < 4.78 is 0. The predicted octanol–water partition coefficient (Wildman–Crippen LogP) is 0.733. The SMILES string of the molecule is CN1CC2CC=CC(CO)C2C1. The molecule has 0 amide bonds. The van der Waals surface area contributed by atoms with Crippen LogP contribution in [-0.4, -0.2) is 36.8 Å². The van der Waals surface area contributed by atoms with Crippen molar-refractivity contribution in [2.24, 2.45) is 17.8 Å². The number of aliphatic hydroxyl groups excluding tert-OH is 1. The summed E-state index contributed by atoms with van der Waals surface area (Å²) in [6, 6.07) is 0. The van der Waals surface area contributed by atoms with Gasteiger partial charge in [-0.1, -0.05) is 12.2 Å². The van der Waals surface area contributed by atoms with Crippen LogP contribution < -0.4 is 0 Å². The second-order valence-electron chi connectivity index (χ2n) is 4.16. The Kier molecular flexibility index (Phi) is 2.20. The van der Waals surface area contributed by atoms with E-state index in [1.165, 1.54) is 19.5 Å². The number of allylic oxidation sites excluding steroid dienone is 1. The molecule has 1 fully saturated rings. The van der Waals surface area contributed by atoms with Crippen LogP contribution in [0.4, 0.5) is 0 Å². The summed E-state index contributed by atoms with van der Waals surface area (Å²) >= 11 is 0. The topological polar surface area (TPSA) is 23.5 Å². The van der Waals surface area contributed by atoms with Crippen LogP contribution >= 0.6 is 0 Å². The van der Waals surface area contributed by atoms with Crippen molar-refractivity contribution in [2.75, 3.05) is 26.7 Å². The lowest BCUT2D eigenvalue weighted by Gasteiger charge is -2.27. The highest BCUT2D eigenvalue weighted by Crippen LogP contribution is 2.35. The van der Waals surface area contributed by atoms with E-state index < -0.39 is 0 Å². The molecular weight excluding hydrogens is 150 g/mol. The van der Waals surface area contributed by atoms with E-state index in [9.17, 15) is 0 Å². The van der Waals surface area contributed by atoms with E-state index in [1.54, 1.807) is 0 Å². The Labute approximate surface area is 73.9 Å². The molecule has 2 rings (SSSR count). The lowest BCUT2D eigenvalue weighted by Crippen LogP contribution is -2.26. The molecule has 1 N–H and O–H groups in total. The molecule has 0 aromatic carbocycles. The predicted molar refractivity (Wildman–Crippen MR) is 48.8 cm³/mol. The molecule has 0 bridgehead atoms. The van der Waals surface area contributed by atoms with E-state index in [0.717, 1.165) is 5.92 Å². The van der Waals surface area contributed by atoms with E-state index in [0.29, 0.717) is 18.4 Å². The number of rotatable bonds is 1. The van der Waals surface area contributed by atoms with Gasteiger partial charge >= 0.3 is 0 Å². The van der Waals surface area contributed by atoms with E-state index >= 15 is 0 Å². The maximum absolute atomic E-state index is 9.15. The Morgan fingerprint density at radius 2 is 2.33 bits per heavy atom. The molecule has 68 valence electrons. The molecule has 0 spiro atoms. The van der Waals surface area contributed by atoms with Gasteiger partial charge in [-0.25, -0.2) is 0 Å². The minimum atomic E-state index is 0.325. The van der Waals surface area contributed by atoms with Crippen molar-refractivity contribution < 1.29 is 5.11 Å². The summed E-state index contributed by atoms with van der Waals surface area (Å²) in [5.74, 6) is 1.94. The van der Waals surface area contributed by atoms with Gasteiger partial charge in [0.05, 0.1) is 0 Å². The van der Waals surface area contributed by atoms with Crippen LogP contribution in [0.1, 0.15) is 6.42 Å². The normalized spacial score (nSPS) is 41.7. The standard InChI is InChI=1S/C10H17NO/c1-11-5-8-3-2-4-9(7-12)10(8)6-11/h2,4,8-10,12H,3,5-7H2,1H3. The maximum atomic E-state index is 9.15. The summed E-state index contributed by atoms with van der Waals surface area (Å²) in [5.41, 5.74) is 0. The van der Waals surface area contributed by atoms with Crippen LogP contribution in [0.15, 0.2) is 12.2 Å². The highest BCUT2D eigenvalue weighted by molar-refractivity contribution is 5.04. The first-order chi connectivity index (χ1) is 5.81. The summed E-state index contributed by atoms with van der Waals surface area (Å²) in [4.78, 5) is 2.38. The van der Waals surface area contributed by atoms with Gasteiger partial charge in [-0.15, -0.1) is 0 Å². The van der Waals surface area contributed by atoms with Crippen molar-refractivity contribution in [1.82, 2.24) is 4.90 Å². The molecule has 2 heteroatoms. The molecular formula is C10H17NO. The first kappa shape index (κ1) is 8.27. The van der Waals surface area contributed by atoms with Crippen molar-refractivity contribution in [3.05, 3.63) is 12.2 Å². The molecule has 0 radical (unpaired) electrons. The van der Waals surface area contributed by atoms with E-state index in [1.807, 2.05) is 0 Å². The monoisotopic (exact) mass is 167 g/mol. The van der Waals surface area contributed by atoms with Gasteiger partial charge in [0.15, 0.2) is 0 Å². The fourth-order valence-electron chi connectivity index (χ4n) is 2.62. The summed E-state index contributed by atoms with van der Waals surface area (Å²) in [5, 5.41) is 9.15. The van der Waals surface area contributed by atoms with Gasteiger partial charge in [0.2, 0.25) is 0 Å². The molecule has 1 heterocycles. The molecule has 0 aromatic rings. The van der Waals surface area contributed by atoms with Crippen LogP contribution in [0.25, 0.3) is 0 Å². The zero-order valence-corrected chi connectivity index (χ0v) is 7.61. The first-order valence-corrected chi connectivity index (χ1v) is 4.77. The Morgan fingerprint density at radius 1 is 1.50 bits per heavy atom. The van der Waals surface area contributed by atoms with Crippen LogP contribution in [0.2, 0.25) is 0 Å². The third-order valence-electron chi connectivity index (χ3n) is 3.26. The molecule has 12 heavy (non-hydrogen) atoms. The van der Waals surface area contributed by atoms with Crippen molar-refractivity contribution in [2.45, 2.75) is 6.42 Å². The Balaban J connectivity index is 2.09. The number of likely N-dealkylation sites (tertiary alicyclic amines) is 1. The highest BCUT2D eigenvalue weighted by atomic mass is 16.3. The van der Waals surface area contributed by atoms with Gasteiger partial charge in [-0.3, -0.25) is 0 Å². The largest absolute Gasteiger partial charge is 0.396 e. The van der Waals surface area contributed by atoms with E-state index in [-0.39, 0.29) is 0 Å². The molecule has 0 aromatic heterocycles. The molecule has 1 saturated heterocycles. The van der Waals surface area contributed by atoms with Crippen LogP contribution in [0.3, 0.4) is 0 Å². The molecule has 2 aliphatic rings. The fourth-order valence-corrected chi connectivity index (χ4v) is 2.62. The Bertz CT molecular complexity index is 190. The molecule has 2 nitrogen and oxygen atoms in total. The summed E-state index contributed by atoms with van der Waals surface area (Å²) in [7, 11) is 2.17. The number of aliphatic hydroxyl groups is 1. The van der Waals surface area contributed by atoms with E-state index in [4.69, 9.17) is 5.11 Å². The van der Waals surface area contributed by atoms with Crippen LogP contribution in [0.5, 0.6) is 0 Å². The van der Waals surface area contributed by atoms with Gasteiger partial charge in [-0.2, -0.15) is 0 Å². The summed E-state index contributed by atoms with van der Waals surface area (Å²) in [6.45, 7) is 2.71. The van der Waals surface area contributed by atoms with Crippen LogP contribution in [0, 0.1) is 17.8 Å². The molecule has 0 saturated carbocycles. The minimum absolute atomic E-state index is 0.325. The van der Waals surface area contributed by atoms with Gasteiger partial charge < -0.3 is 10.0 Å². The van der Waals surface area contributed by atoms with Gasteiger partial charge in [-0.05, 0) is 25.3 Å². The first-order valence-electron chi connectivity index (χ1n) is 4.77.